The van der Waals surface area contributed by atoms with Crippen LogP contribution < -0.4 is 5.32 Å². The summed E-state index contributed by atoms with van der Waals surface area (Å²) in [5.74, 6) is 0. The molecule has 3 nitrogen and oxygen atoms in total. The number of fused-ring (bicyclic) bond motifs is 1. The van der Waals surface area contributed by atoms with Gasteiger partial charge in [0.2, 0.25) is 0 Å². The van der Waals surface area contributed by atoms with Crippen LogP contribution in [0.25, 0.3) is 0 Å². The average molecular weight is 266 g/mol. The number of ether oxygens (including phenoxy) is 1. The van der Waals surface area contributed by atoms with Crippen LogP contribution in [0.2, 0.25) is 0 Å². The molecule has 3 saturated heterocycles. The van der Waals surface area contributed by atoms with Gasteiger partial charge in [0.05, 0.1) is 6.10 Å². The SMILES string of the molecule is CC(CCC1CCCO1)NC1CCN2CCCC2C1. The highest BCUT2D eigenvalue weighted by Gasteiger charge is 2.31. The molecule has 3 rings (SSSR count). The van der Waals surface area contributed by atoms with E-state index in [0.717, 1.165) is 18.7 Å². The molecule has 0 bridgehead atoms. The van der Waals surface area contributed by atoms with Crippen LogP contribution in [0, 0.1) is 0 Å². The van der Waals surface area contributed by atoms with Crippen LogP contribution in [0.15, 0.2) is 0 Å². The fourth-order valence-corrected chi connectivity index (χ4v) is 4.17. The summed E-state index contributed by atoms with van der Waals surface area (Å²) in [6.45, 7) is 6.02. The summed E-state index contributed by atoms with van der Waals surface area (Å²) in [5.41, 5.74) is 0. The smallest absolute Gasteiger partial charge is 0.0576 e. The summed E-state index contributed by atoms with van der Waals surface area (Å²) in [6.07, 6.45) is 11.2. The molecule has 3 fully saturated rings. The number of hydrogen-bond donors (Lipinski definition) is 1. The van der Waals surface area contributed by atoms with Gasteiger partial charge in [0, 0.05) is 24.7 Å². The first-order valence-corrected chi connectivity index (χ1v) is 8.43. The van der Waals surface area contributed by atoms with Crippen molar-refractivity contribution in [3.05, 3.63) is 0 Å². The maximum absolute atomic E-state index is 5.72. The Labute approximate surface area is 118 Å². The Morgan fingerprint density at radius 2 is 2.16 bits per heavy atom. The second-order valence-corrected chi connectivity index (χ2v) is 6.83. The van der Waals surface area contributed by atoms with Gasteiger partial charge in [-0.3, -0.25) is 0 Å². The standard InChI is InChI=1S/C16H30N2O/c1-13(6-7-16-5-3-11-19-16)17-14-8-10-18-9-2-4-15(18)12-14/h13-17H,2-12H2,1H3. The second kappa shape index (κ2) is 6.55. The molecule has 3 heterocycles. The topological polar surface area (TPSA) is 24.5 Å². The quantitative estimate of drug-likeness (QED) is 0.827. The molecule has 3 aliphatic heterocycles. The highest BCUT2D eigenvalue weighted by atomic mass is 16.5. The Balaban J connectivity index is 1.36. The van der Waals surface area contributed by atoms with Crippen molar-refractivity contribution in [3.63, 3.8) is 0 Å². The summed E-state index contributed by atoms with van der Waals surface area (Å²) < 4.78 is 5.72. The van der Waals surface area contributed by atoms with Crippen molar-refractivity contribution in [2.24, 2.45) is 0 Å². The summed E-state index contributed by atoms with van der Waals surface area (Å²) in [6, 6.07) is 2.30. The molecule has 0 aromatic carbocycles. The lowest BCUT2D eigenvalue weighted by Gasteiger charge is -2.36. The van der Waals surface area contributed by atoms with E-state index in [1.807, 2.05) is 0 Å². The van der Waals surface area contributed by atoms with Crippen LogP contribution in [0.4, 0.5) is 0 Å². The molecule has 0 amide bonds. The minimum atomic E-state index is 0.556. The summed E-state index contributed by atoms with van der Waals surface area (Å²) >= 11 is 0. The van der Waals surface area contributed by atoms with E-state index >= 15 is 0 Å². The number of nitrogens with one attached hydrogen (secondary N) is 1. The van der Waals surface area contributed by atoms with Crippen LogP contribution in [0.5, 0.6) is 0 Å². The van der Waals surface area contributed by atoms with E-state index in [1.165, 1.54) is 64.5 Å². The van der Waals surface area contributed by atoms with Crippen LogP contribution in [-0.2, 0) is 4.74 Å². The Hall–Kier alpha value is -0.120. The Morgan fingerprint density at radius 1 is 1.21 bits per heavy atom. The molecule has 1 N–H and O–H groups in total. The van der Waals surface area contributed by atoms with E-state index < -0.39 is 0 Å². The van der Waals surface area contributed by atoms with Gasteiger partial charge in [-0.25, -0.2) is 0 Å². The van der Waals surface area contributed by atoms with Gasteiger partial charge in [0.15, 0.2) is 0 Å². The minimum absolute atomic E-state index is 0.556. The minimum Gasteiger partial charge on any atom is -0.378 e. The van der Waals surface area contributed by atoms with E-state index in [-0.39, 0.29) is 0 Å². The van der Waals surface area contributed by atoms with Gasteiger partial charge in [-0.05, 0) is 71.4 Å². The molecular weight excluding hydrogens is 236 g/mol. The van der Waals surface area contributed by atoms with Crippen LogP contribution in [0.1, 0.15) is 58.3 Å². The van der Waals surface area contributed by atoms with Gasteiger partial charge in [-0.2, -0.15) is 0 Å². The van der Waals surface area contributed by atoms with E-state index in [2.05, 4.69) is 17.1 Å². The third-order valence-corrected chi connectivity index (χ3v) is 5.29. The molecule has 110 valence electrons. The molecule has 0 saturated carbocycles. The number of rotatable bonds is 5. The number of hydrogen-bond acceptors (Lipinski definition) is 3. The fourth-order valence-electron chi connectivity index (χ4n) is 4.17. The lowest BCUT2D eigenvalue weighted by molar-refractivity contribution is 0.0982. The predicted octanol–water partition coefficient (Wildman–Crippen LogP) is 2.55. The zero-order valence-corrected chi connectivity index (χ0v) is 12.4. The second-order valence-electron chi connectivity index (χ2n) is 6.83. The zero-order chi connectivity index (χ0) is 13.1. The van der Waals surface area contributed by atoms with Crippen molar-refractivity contribution in [1.29, 1.82) is 0 Å². The lowest BCUT2D eigenvalue weighted by Crippen LogP contribution is -2.48. The van der Waals surface area contributed by atoms with E-state index in [1.54, 1.807) is 0 Å². The molecule has 0 spiro atoms. The first kappa shape index (κ1) is 13.8. The molecule has 4 unspecified atom stereocenters. The Bertz CT molecular complexity index is 278. The highest BCUT2D eigenvalue weighted by Crippen LogP contribution is 2.27. The van der Waals surface area contributed by atoms with E-state index in [4.69, 9.17) is 4.74 Å². The van der Waals surface area contributed by atoms with E-state index in [0.29, 0.717) is 12.1 Å². The first-order valence-electron chi connectivity index (χ1n) is 8.43. The first-order chi connectivity index (χ1) is 9.31. The Kier molecular flexibility index (Phi) is 4.78. The summed E-state index contributed by atoms with van der Waals surface area (Å²) in [4.78, 5) is 2.70. The summed E-state index contributed by atoms with van der Waals surface area (Å²) in [7, 11) is 0. The predicted molar refractivity (Wildman–Crippen MR) is 78.4 cm³/mol. The maximum Gasteiger partial charge on any atom is 0.0576 e. The van der Waals surface area contributed by atoms with Gasteiger partial charge >= 0.3 is 0 Å². The third kappa shape index (κ3) is 3.71. The molecule has 0 aromatic rings. The van der Waals surface area contributed by atoms with Gasteiger partial charge in [0.25, 0.3) is 0 Å². The van der Waals surface area contributed by atoms with Gasteiger partial charge in [-0.1, -0.05) is 0 Å². The molecule has 19 heavy (non-hydrogen) atoms. The highest BCUT2D eigenvalue weighted by molar-refractivity contribution is 4.90. The molecule has 0 aromatic heterocycles. The molecular formula is C16H30N2O. The van der Waals surface area contributed by atoms with E-state index in [9.17, 15) is 0 Å². The van der Waals surface area contributed by atoms with Crippen LogP contribution >= 0.6 is 0 Å². The summed E-state index contributed by atoms with van der Waals surface area (Å²) in [5, 5.41) is 3.87. The third-order valence-electron chi connectivity index (χ3n) is 5.29. The van der Waals surface area contributed by atoms with Crippen LogP contribution in [0.3, 0.4) is 0 Å². The molecule has 0 radical (unpaired) electrons. The normalized spacial score (nSPS) is 37.4. The lowest BCUT2D eigenvalue weighted by atomic mass is 9.96. The monoisotopic (exact) mass is 266 g/mol. The van der Waals surface area contributed by atoms with Crippen LogP contribution in [-0.4, -0.2) is 48.8 Å². The van der Waals surface area contributed by atoms with Gasteiger partial charge < -0.3 is 15.0 Å². The average Bonchev–Trinajstić information content (AvgIpc) is 3.07. The van der Waals surface area contributed by atoms with Crippen molar-refractivity contribution in [2.75, 3.05) is 19.7 Å². The van der Waals surface area contributed by atoms with Crippen molar-refractivity contribution in [1.82, 2.24) is 10.2 Å². The van der Waals surface area contributed by atoms with Crippen molar-refractivity contribution in [2.45, 2.75) is 82.5 Å². The molecule has 3 aliphatic rings. The van der Waals surface area contributed by atoms with Crippen molar-refractivity contribution in [3.8, 4) is 0 Å². The molecule has 3 heteroatoms. The van der Waals surface area contributed by atoms with Crippen molar-refractivity contribution < 1.29 is 4.74 Å². The Morgan fingerprint density at radius 3 is 3.00 bits per heavy atom. The molecule has 0 aliphatic carbocycles. The molecule has 4 atom stereocenters. The van der Waals surface area contributed by atoms with Crippen molar-refractivity contribution >= 4 is 0 Å². The maximum atomic E-state index is 5.72. The zero-order valence-electron chi connectivity index (χ0n) is 12.4. The number of piperidine rings is 1. The number of nitrogens with zero attached hydrogens (tertiary/aromatic N) is 1. The fraction of sp³-hybridized carbons (Fsp3) is 1.00. The van der Waals surface area contributed by atoms with Gasteiger partial charge in [0.1, 0.15) is 0 Å². The largest absolute Gasteiger partial charge is 0.378 e. The van der Waals surface area contributed by atoms with Gasteiger partial charge in [-0.15, -0.1) is 0 Å².